The summed E-state index contributed by atoms with van der Waals surface area (Å²) in [7, 11) is 0. The first-order valence-corrected chi connectivity index (χ1v) is 8.28. The number of aromatic amines is 1. The lowest BCUT2D eigenvalue weighted by atomic mass is 10.1. The number of thioether (sulfide) groups is 1. The van der Waals surface area contributed by atoms with Crippen LogP contribution >= 0.6 is 11.8 Å². The summed E-state index contributed by atoms with van der Waals surface area (Å²) in [4.78, 5) is 15.5. The van der Waals surface area contributed by atoms with Crippen LogP contribution in [0.1, 0.15) is 28.5 Å². The van der Waals surface area contributed by atoms with Crippen molar-refractivity contribution in [2.45, 2.75) is 20.8 Å². The summed E-state index contributed by atoms with van der Waals surface area (Å²) in [5, 5.41) is 4.14. The highest BCUT2D eigenvalue weighted by Crippen LogP contribution is 2.22. The molecule has 0 fully saturated rings. The van der Waals surface area contributed by atoms with E-state index in [0.29, 0.717) is 5.92 Å². The number of fused-ring (bicyclic) bond motifs is 1. The van der Waals surface area contributed by atoms with Crippen LogP contribution in [0.5, 0.6) is 0 Å². The minimum Gasteiger partial charge on any atom is -0.358 e. The van der Waals surface area contributed by atoms with Gasteiger partial charge in [0.25, 0.3) is 5.91 Å². The number of nitrogens with one attached hydrogen (secondary N) is 2. The van der Waals surface area contributed by atoms with Crippen LogP contribution in [0.25, 0.3) is 10.9 Å². The zero-order valence-corrected chi connectivity index (χ0v) is 13.4. The van der Waals surface area contributed by atoms with Crippen molar-refractivity contribution in [2.75, 3.05) is 18.6 Å². The predicted octanol–water partition coefficient (Wildman–Crippen LogP) is 3.51. The van der Waals surface area contributed by atoms with Gasteiger partial charge in [-0.2, -0.15) is 11.8 Å². The van der Waals surface area contributed by atoms with Gasteiger partial charge in [0, 0.05) is 28.7 Å². The lowest BCUT2D eigenvalue weighted by Gasteiger charge is -2.11. The fourth-order valence-electron chi connectivity index (χ4n) is 2.31. The third-order valence-electron chi connectivity index (χ3n) is 3.63. The molecule has 0 saturated heterocycles. The van der Waals surface area contributed by atoms with E-state index in [2.05, 4.69) is 37.3 Å². The molecule has 1 heterocycles. The molecule has 20 heavy (non-hydrogen) atoms. The number of benzene rings is 1. The third-order valence-corrected chi connectivity index (χ3v) is 4.54. The molecule has 1 atom stereocenters. The number of carbonyl (C=O) groups is 1. The highest BCUT2D eigenvalue weighted by Gasteiger charge is 2.10. The van der Waals surface area contributed by atoms with Crippen LogP contribution in [0.3, 0.4) is 0 Å². The van der Waals surface area contributed by atoms with Crippen LogP contribution in [0.2, 0.25) is 0 Å². The van der Waals surface area contributed by atoms with Crippen molar-refractivity contribution in [2.24, 2.45) is 5.92 Å². The highest BCUT2D eigenvalue weighted by molar-refractivity contribution is 7.98. The first kappa shape index (κ1) is 15.0. The second kappa shape index (κ2) is 6.35. The van der Waals surface area contributed by atoms with Crippen LogP contribution in [0.4, 0.5) is 0 Å². The number of rotatable bonds is 5. The lowest BCUT2D eigenvalue weighted by molar-refractivity contribution is 0.0949. The zero-order chi connectivity index (χ0) is 14.7. The lowest BCUT2D eigenvalue weighted by Crippen LogP contribution is -2.29. The molecule has 0 saturated carbocycles. The van der Waals surface area contributed by atoms with Crippen molar-refractivity contribution >= 4 is 28.6 Å². The van der Waals surface area contributed by atoms with E-state index in [1.165, 1.54) is 5.56 Å². The van der Waals surface area contributed by atoms with Crippen LogP contribution < -0.4 is 5.32 Å². The summed E-state index contributed by atoms with van der Waals surface area (Å²) in [6.07, 6.45) is 2.09. The topological polar surface area (TPSA) is 44.9 Å². The molecule has 1 aromatic heterocycles. The van der Waals surface area contributed by atoms with Gasteiger partial charge >= 0.3 is 0 Å². The van der Waals surface area contributed by atoms with E-state index in [1.54, 1.807) is 0 Å². The summed E-state index contributed by atoms with van der Waals surface area (Å²) in [5.41, 5.74) is 4.19. The summed E-state index contributed by atoms with van der Waals surface area (Å²) in [5.74, 6) is 1.57. The molecule has 0 aliphatic heterocycles. The molecule has 4 heteroatoms. The van der Waals surface area contributed by atoms with Crippen molar-refractivity contribution in [3.63, 3.8) is 0 Å². The maximum atomic E-state index is 12.2. The number of aromatic nitrogens is 1. The number of H-pyrrole nitrogens is 1. The largest absolute Gasteiger partial charge is 0.358 e. The number of hydrogen-bond acceptors (Lipinski definition) is 2. The van der Waals surface area contributed by atoms with Crippen molar-refractivity contribution in [1.82, 2.24) is 10.3 Å². The van der Waals surface area contributed by atoms with Crippen LogP contribution in [-0.2, 0) is 0 Å². The molecular formula is C16H22N2OS. The smallest absolute Gasteiger partial charge is 0.251 e. The fourth-order valence-corrected chi connectivity index (χ4v) is 3.00. The van der Waals surface area contributed by atoms with E-state index >= 15 is 0 Å². The second-order valence-corrected chi connectivity index (χ2v) is 6.32. The molecule has 2 N–H and O–H groups in total. The Morgan fingerprint density at radius 3 is 2.85 bits per heavy atom. The number of hydrogen-bond donors (Lipinski definition) is 2. The number of carbonyl (C=O) groups excluding carboxylic acids is 1. The Balaban J connectivity index is 2.12. The van der Waals surface area contributed by atoms with Gasteiger partial charge in [-0.15, -0.1) is 0 Å². The molecule has 0 radical (unpaired) electrons. The van der Waals surface area contributed by atoms with Gasteiger partial charge in [0.15, 0.2) is 0 Å². The van der Waals surface area contributed by atoms with Crippen molar-refractivity contribution in [1.29, 1.82) is 0 Å². The average Bonchev–Trinajstić information content (AvgIpc) is 2.71. The Bertz CT molecular complexity index is 618. The second-order valence-electron chi connectivity index (χ2n) is 5.41. The van der Waals surface area contributed by atoms with Gasteiger partial charge in [-0.1, -0.05) is 6.92 Å². The van der Waals surface area contributed by atoms with Gasteiger partial charge in [0.1, 0.15) is 0 Å². The van der Waals surface area contributed by atoms with Crippen LogP contribution in [0, 0.1) is 19.8 Å². The Morgan fingerprint density at radius 1 is 1.40 bits per heavy atom. The molecule has 2 rings (SSSR count). The van der Waals surface area contributed by atoms with Gasteiger partial charge in [-0.3, -0.25) is 4.79 Å². The molecule has 1 amide bonds. The molecule has 2 aromatic rings. The van der Waals surface area contributed by atoms with Gasteiger partial charge in [0.05, 0.1) is 0 Å². The van der Waals surface area contributed by atoms with E-state index in [1.807, 2.05) is 30.0 Å². The minimum absolute atomic E-state index is 0.0121. The van der Waals surface area contributed by atoms with Crippen molar-refractivity contribution < 1.29 is 4.79 Å². The van der Waals surface area contributed by atoms with E-state index in [-0.39, 0.29) is 5.91 Å². The molecule has 0 bridgehead atoms. The SMILES string of the molecule is CSCC(C)CNC(=O)c1ccc2[nH]c(C)c(C)c2c1. The molecule has 0 spiro atoms. The Morgan fingerprint density at radius 2 is 2.15 bits per heavy atom. The summed E-state index contributed by atoms with van der Waals surface area (Å²) in [6.45, 7) is 7.01. The molecule has 0 aliphatic rings. The van der Waals surface area contributed by atoms with Crippen molar-refractivity contribution in [3.8, 4) is 0 Å². The zero-order valence-electron chi connectivity index (χ0n) is 12.5. The minimum atomic E-state index is 0.0121. The third kappa shape index (κ3) is 3.18. The van der Waals surface area contributed by atoms with Crippen molar-refractivity contribution in [3.05, 3.63) is 35.0 Å². The highest BCUT2D eigenvalue weighted by atomic mass is 32.2. The average molecular weight is 290 g/mol. The van der Waals surface area contributed by atoms with Gasteiger partial charge in [0.2, 0.25) is 0 Å². The normalized spacial score (nSPS) is 12.6. The van der Waals surface area contributed by atoms with Crippen LogP contribution in [0.15, 0.2) is 18.2 Å². The Hall–Kier alpha value is -1.42. The Kier molecular flexibility index (Phi) is 4.76. The number of aryl methyl sites for hydroxylation is 2. The quantitative estimate of drug-likeness (QED) is 0.885. The van der Waals surface area contributed by atoms with Crippen LogP contribution in [-0.4, -0.2) is 29.4 Å². The summed E-state index contributed by atoms with van der Waals surface area (Å²) in [6, 6.07) is 5.84. The monoisotopic (exact) mass is 290 g/mol. The maximum Gasteiger partial charge on any atom is 0.251 e. The molecule has 0 aliphatic carbocycles. The standard InChI is InChI=1S/C16H22N2OS/c1-10(9-20-4)8-17-16(19)13-5-6-15-14(7-13)11(2)12(3)18-15/h5-7,10,18H,8-9H2,1-4H3,(H,17,19). The number of amides is 1. The van der Waals surface area contributed by atoms with Gasteiger partial charge < -0.3 is 10.3 Å². The van der Waals surface area contributed by atoms with Gasteiger partial charge in [-0.25, -0.2) is 0 Å². The van der Waals surface area contributed by atoms with Gasteiger partial charge in [-0.05, 0) is 55.5 Å². The van der Waals surface area contributed by atoms with E-state index in [0.717, 1.165) is 34.5 Å². The summed E-state index contributed by atoms with van der Waals surface area (Å²) >= 11 is 1.81. The predicted molar refractivity (Wildman–Crippen MR) is 87.7 cm³/mol. The van der Waals surface area contributed by atoms with E-state index in [9.17, 15) is 4.79 Å². The molecule has 108 valence electrons. The first-order valence-electron chi connectivity index (χ1n) is 6.89. The fraction of sp³-hybridized carbons (Fsp3) is 0.438. The molecule has 1 unspecified atom stereocenters. The molecule has 3 nitrogen and oxygen atoms in total. The maximum absolute atomic E-state index is 12.2. The van der Waals surface area contributed by atoms with E-state index in [4.69, 9.17) is 0 Å². The Labute approximate surface area is 124 Å². The summed E-state index contributed by atoms with van der Waals surface area (Å²) < 4.78 is 0. The van der Waals surface area contributed by atoms with E-state index < -0.39 is 0 Å². The molecular weight excluding hydrogens is 268 g/mol. The molecule has 1 aromatic carbocycles. The first-order chi connectivity index (χ1) is 9.52.